The summed E-state index contributed by atoms with van der Waals surface area (Å²) < 4.78 is 11.3. The van der Waals surface area contributed by atoms with Crippen molar-refractivity contribution in [2.45, 2.75) is 20.3 Å². The lowest BCUT2D eigenvalue weighted by atomic mass is 10.1. The number of H-pyrrole nitrogens is 1. The molecule has 0 radical (unpaired) electrons. The Morgan fingerprint density at radius 2 is 2.04 bits per heavy atom. The first-order valence-corrected chi connectivity index (χ1v) is 8.98. The number of allylic oxidation sites excluding steroid dienone is 1. The molecule has 0 saturated carbocycles. The van der Waals surface area contributed by atoms with Crippen molar-refractivity contribution >= 4 is 22.7 Å². The third-order valence-corrected chi connectivity index (χ3v) is 4.22. The molecule has 3 rings (SSSR count). The second kappa shape index (κ2) is 8.41. The molecule has 3 aromatic rings. The van der Waals surface area contributed by atoms with E-state index in [1.807, 2.05) is 42.5 Å². The fraction of sp³-hybridized carbons (Fsp3) is 0.273. The molecule has 0 atom stereocenters. The number of methoxy groups -OCH3 is 1. The van der Waals surface area contributed by atoms with Crippen LogP contribution in [0.5, 0.6) is 11.5 Å². The number of para-hydroxylation sites is 2. The average molecular weight is 361 g/mol. The number of hydrogen-bond donors (Lipinski definition) is 1. The minimum atomic E-state index is 0.460. The molecule has 0 amide bonds. The number of nitrogens with one attached hydrogen (secondary N) is 1. The number of aromatic nitrogens is 2. The summed E-state index contributed by atoms with van der Waals surface area (Å²) in [5.74, 6) is 2.49. The number of nitrogens with zero attached hydrogens (tertiary/aromatic N) is 2. The lowest BCUT2D eigenvalue weighted by Crippen LogP contribution is -2.02. The number of benzene rings is 2. The molecular weight excluding hydrogens is 338 g/mol. The fourth-order valence-corrected chi connectivity index (χ4v) is 2.70. The molecule has 5 nitrogen and oxygen atoms in total. The zero-order valence-corrected chi connectivity index (χ0v) is 15.8. The van der Waals surface area contributed by atoms with Crippen LogP contribution in [0.4, 0.5) is 0 Å². The van der Waals surface area contributed by atoms with Crippen molar-refractivity contribution < 1.29 is 9.47 Å². The summed E-state index contributed by atoms with van der Waals surface area (Å²) in [5.41, 5.74) is 3.04. The van der Waals surface area contributed by atoms with E-state index in [0.717, 1.165) is 23.0 Å². The third-order valence-electron chi connectivity index (χ3n) is 4.22. The molecule has 0 fully saturated rings. The van der Waals surface area contributed by atoms with Gasteiger partial charge < -0.3 is 14.5 Å². The molecule has 0 spiro atoms. The predicted molar refractivity (Wildman–Crippen MR) is 108 cm³/mol. The van der Waals surface area contributed by atoms with E-state index in [1.165, 1.54) is 0 Å². The van der Waals surface area contributed by atoms with Gasteiger partial charge in [-0.05, 0) is 48.2 Å². The van der Waals surface area contributed by atoms with Gasteiger partial charge in [0.2, 0.25) is 0 Å². The molecule has 0 aliphatic carbocycles. The summed E-state index contributed by atoms with van der Waals surface area (Å²) in [7, 11) is 1.61. The Morgan fingerprint density at radius 3 is 2.74 bits per heavy atom. The number of hydrogen-bond acceptors (Lipinski definition) is 4. The maximum atomic E-state index is 9.58. The standard InChI is InChI=1S/C22H23N3O2/c1-15(2)10-11-27-20-9-8-16(13-21(20)26-3)12-17(14-23)22-24-18-6-4-5-7-19(18)25-22/h4-9,12-13,15H,10-11H2,1-3H3,(H,24,25). The van der Waals surface area contributed by atoms with Crippen LogP contribution in [0.2, 0.25) is 0 Å². The quantitative estimate of drug-likeness (QED) is 0.597. The molecule has 1 aromatic heterocycles. The highest BCUT2D eigenvalue weighted by Crippen LogP contribution is 2.30. The maximum Gasteiger partial charge on any atom is 0.161 e. The smallest absolute Gasteiger partial charge is 0.161 e. The number of nitriles is 1. The van der Waals surface area contributed by atoms with Gasteiger partial charge in [0.15, 0.2) is 11.5 Å². The van der Waals surface area contributed by atoms with Crippen LogP contribution in [-0.2, 0) is 0 Å². The van der Waals surface area contributed by atoms with Crippen molar-refractivity contribution in [3.05, 3.63) is 53.9 Å². The van der Waals surface area contributed by atoms with E-state index in [1.54, 1.807) is 13.2 Å². The van der Waals surface area contributed by atoms with Crippen molar-refractivity contribution in [1.29, 1.82) is 5.26 Å². The number of aromatic amines is 1. The van der Waals surface area contributed by atoms with E-state index in [0.29, 0.717) is 35.4 Å². The van der Waals surface area contributed by atoms with Crippen LogP contribution in [0.15, 0.2) is 42.5 Å². The second-order valence-electron chi connectivity index (χ2n) is 6.71. The number of rotatable bonds is 7. The molecule has 1 heterocycles. The fourth-order valence-electron chi connectivity index (χ4n) is 2.70. The zero-order valence-electron chi connectivity index (χ0n) is 15.8. The molecule has 0 saturated heterocycles. The summed E-state index contributed by atoms with van der Waals surface area (Å²) in [6.45, 7) is 4.97. The Morgan fingerprint density at radius 1 is 1.22 bits per heavy atom. The zero-order chi connectivity index (χ0) is 19.2. The van der Waals surface area contributed by atoms with Gasteiger partial charge in [0, 0.05) is 0 Å². The van der Waals surface area contributed by atoms with Crippen molar-refractivity contribution in [2.75, 3.05) is 13.7 Å². The first kappa shape index (κ1) is 18.5. The Kier molecular flexibility index (Phi) is 5.77. The first-order valence-electron chi connectivity index (χ1n) is 8.98. The normalized spacial score (nSPS) is 11.6. The van der Waals surface area contributed by atoms with Crippen molar-refractivity contribution in [3.8, 4) is 17.6 Å². The van der Waals surface area contributed by atoms with Gasteiger partial charge >= 0.3 is 0 Å². The number of ether oxygens (including phenoxy) is 2. The van der Waals surface area contributed by atoms with Crippen molar-refractivity contribution in [3.63, 3.8) is 0 Å². The second-order valence-corrected chi connectivity index (χ2v) is 6.71. The highest BCUT2D eigenvalue weighted by molar-refractivity contribution is 5.90. The SMILES string of the molecule is COc1cc(C=C(C#N)c2nc3ccccc3[nH]2)ccc1OCCC(C)C. The average Bonchev–Trinajstić information content (AvgIpc) is 3.10. The molecule has 2 aromatic carbocycles. The summed E-state index contributed by atoms with van der Waals surface area (Å²) in [5, 5.41) is 9.58. The maximum absolute atomic E-state index is 9.58. The van der Waals surface area contributed by atoms with Gasteiger partial charge in [-0.3, -0.25) is 0 Å². The van der Waals surface area contributed by atoms with E-state index in [4.69, 9.17) is 9.47 Å². The Labute approximate surface area is 159 Å². The number of fused-ring (bicyclic) bond motifs is 1. The van der Waals surface area contributed by atoms with Crippen LogP contribution in [0.3, 0.4) is 0 Å². The minimum absolute atomic E-state index is 0.460. The lowest BCUT2D eigenvalue weighted by molar-refractivity contribution is 0.273. The van der Waals surface area contributed by atoms with Crippen LogP contribution in [-0.4, -0.2) is 23.7 Å². The lowest BCUT2D eigenvalue weighted by Gasteiger charge is -2.12. The molecule has 0 bridgehead atoms. The van der Waals surface area contributed by atoms with Crippen LogP contribution < -0.4 is 9.47 Å². The summed E-state index contributed by atoms with van der Waals surface area (Å²) in [6, 6.07) is 15.6. The van der Waals surface area contributed by atoms with Crippen LogP contribution in [0, 0.1) is 17.2 Å². The molecule has 138 valence electrons. The molecule has 0 aliphatic rings. The predicted octanol–water partition coefficient (Wildman–Crippen LogP) is 5.06. The molecular formula is C22H23N3O2. The highest BCUT2D eigenvalue weighted by Gasteiger charge is 2.10. The number of imidazole rings is 1. The molecule has 0 unspecified atom stereocenters. The van der Waals surface area contributed by atoms with E-state index >= 15 is 0 Å². The van der Waals surface area contributed by atoms with E-state index in [2.05, 4.69) is 29.9 Å². The van der Waals surface area contributed by atoms with Crippen LogP contribution in [0.1, 0.15) is 31.7 Å². The van der Waals surface area contributed by atoms with Gasteiger partial charge in [-0.1, -0.05) is 32.0 Å². The van der Waals surface area contributed by atoms with E-state index in [-0.39, 0.29) is 0 Å². The Hall–Kier alpha value is -3.26. The van der Waals surface area contributed by atoms with E-state index < -0.39 is 0 Å². The van der Waals surface area contributed by atoms with Gasteiger partial charge in [0.25, 0.3) is 0 Å². The van der Waals surface area contributed by atoms with E-state index in [9.17, 15) is 5.26 Å². The summed E-state index contributed by atoms with van der Waals surface area (Å²) in [4.78, 5) is 7.68. The van der Waals surface area contributed by atoms with Gasteiger partial charge in [-0.15, -0.1) is 0 Å². The van der Waals surface area contributed by atoms with Gasteiger partial charge in [-0.25, -0.2) is 4.98 Å². The minimum Gasteiger partial charge on any atom is -0.493 e. The largest absolute Gasteiger partial charge is 0.493 e. The van der Waals surface area contributed by atoms with Gasteiger partial charge in [-0.2, -0.15) is 5.26 Å². The Balaban J connectivity index is 1.86. The molecule has 5 heteroatoms. The molecule has 1 N–H and O–H groups in total. The summed E-state index contributed by atoms with van der Waals surface area (Å²) in [6.07, 6.45) is 2.77. The van der Waals surface area contributed by atoms with Crippen LogP contribution >= 0.6 is 0 Å². The van der Waals surface area contributed by atoms with Crippen LogP contribution in [0.25, 0.3) is 22.7 Å². The summed E-state index contributed by atoms with van der Waals surface area (Å²) >= 11 is 0. The van der Waals surface area contributed by atoms with Crippen molar-refractivity contribution in [2.24, 2.45) is 5.92 Å². The molecule has 27 heavy (non-hydrogen) atoms. The Bertz CT molecular complexity index is 963. The first-order chi connectivity index (χ1) is 13.1. The third kappa shape index (κ3) is 4.48. The monoisotopic (exact) mass is 361 g/mol. The van der Waals surface area contributed by atoms with Crippen molar-refractivity contribution in [1.82, 2.24) is 9.97 Å². The molecule has 0 aliphatic heterocycles. The van der Waals surface area contributed by atoms with Gasteiger partial charge in [0.1, 0.15) is 11.9 Å². The van der Waals surface area contributed by atoms with Gasteiger partial charge in [0.05, 0.1) is 30.3 Å². The topological polar surface area (TPSA) is 70.9 Å². The highest BCUT2D eigenvalue weighted by atomic mass is 16.5.